The van der Waals surface area contributed by atoms with Crippen LogP contribution in [0.15, 0.2) is 61.2 Å². The maximum atomic E-state index is 3.71. The molecule has 0 N–H and O–H groups in total. The average Bonchev–Trinajstić information content (AvgIpc) is 3.20. The molecule has 0 fully saturated rings. The zero-order valence-corrected chi connectivity index (χ0v) is 18.0. The van der Waals surface area contributed by atoms with Gasteiger partial charge in [0.25, 0.3) is 0 Å². The van der Waals surface area contributed by atoms with Gasteiger partial charge in [0, 0.05) is 0 Å². The zero-order valence-electron chi connectivity index (χ0n) is 14.8. The zero-order chi connectivity index (χ0) is 16.2. The molecule has 1 aromatic carbocycles. The molecule has 2 aliphatic rings. The van der Waals surface area contributed by atoms with E-state index in [4.69, 9.17) is 0 Å². The summed E-state index contributed by atoms with van der Waals surface area (Å²) in [6, 6.07) is 4.39. The van der Waals surface area contributed by atoms with Crippen LogP contribution in [0.4, 0.5) is 0 Å². The number of allylic oxidation sites excluding steroid dienone is 9. The molecule has 0 aromatic heterocycles. The minimum atomic E-state index is 0. The Morgan fingerprint density at radius 2 is 1.42 bits per heavy atom. The first-order valence-electron chi connectivity index (χ1n) is 7.62. The molecule has 2 heteroatoms. The second-order valence-electron chi connectivity index (χ2n) is 5.22. The van der Waals surface area contributed by atoms with Crippen molar-refractivity contribution in [1.29, 1.82) is 0 Å². The maximum Gasteiger partial charge on any atom is 4.00 e. The largest absolute Gasteiger partial charge is 4.00 e. The Bertz CT molecular complexity index is 527. The predicted molar refractivity (Wildman–Crippen MR) is 97.4 cm³/mol. The molecule has 1 aromatic rings. The number of aryl methyl sites for hydroxylation is 3. The van der Waals surface area contributed by atoms with Gasteiger partial charge in [0.1, 0.15) is 0 Å². The minimum Gasteiger partial charge on any atom is -1.00 e. The number of halogens is 1. The summed E-state index contributed by atoms with van der Waals surface area (Å²) in [4.78, 5) is 0. The van der Waals surface area contributed by atoms with E-state index < -0.39 is 0 Å². The van der Waals surface area contributed by atoms with Gasteiger partial charge in [-0.15, -0.1) is 36.0 Å². The van der Waals surface area contributed by atoms with Crippen LogP contribution in [0.2, 0.25) is 0 Å². The molecular weight excluding hydrogens is 391 g/mol. The molecule has 2 aliphatic carbocycles. The molecule has 0 radical (unpaired) electrons. The summed E-state index contributed by atoms with van der Waals surface area (Å²) in [6.45, 7) is 10.1. The average molecular weight is 416 g/mol. The molecule has 0 aliphatic heterocycles. The van der Waals surface area contributed by atoms with Crippen molar-refractivity contribution >= 4 is 0 Å². The summed E-state index contributed by atoms with van der Waals surface area (Å²) in [5.74, 6) is 0. The van der Waals surface area contributed by atoms with Crippen molar-refractivity contribution in [3.63, 3.8) is 0 Å². The topological polar surface area (TPSA) is 0 Å². The Morgan fingerprint density at radius 3 is 1.67 bits per heavy atom. The third-order valence-corrected chi connectivity index (χ3v) is 3.19. The van der Waals surface area contributed by atoms with Gasteiger partial charge in [0.2, 0.25) is 0 Å². The van der Waals surface area contributed by atoms with Crippen molar-refractivity contribution in [2.45, 2.75) is 33.6 Å². The first kappa shape index (κ1) is 25.2. The first-order chi connectivity index (χ1) is 10.6. The summed E-state index contributed by atoms with van der Waals surface area (Å²) < 4.78 is 0. The van der Waals surface area contributed by atoms with E-state index in [0.29, 0.717) is 0 Å². The number of rotatable bonds is 2. The minimum absolute atomic E-state index is 0. The molecule has 0 saturated carbocycles. The Morgan fingerprint density at radius 1 is 0.958 bits per heavy atom. The third kappa shape index (κ3) is 10.7. The van der Waals surface area contributed by atoms with Gasteiger partial charge in [0.15, 0.2) is 0 Å². The Kier molecular flexibility index (Phi) is 16.3. The Balaban J connectivity index is 0. The van der Waals surface area contributed by atoms with Crippen molar-refractivity contribution in [3.8, 4) is 0 Å². The van der Waals surface area contributed by atoms with Gasteiger partial charge < -0.3 is 12.4 Å². The van der Waals surface area contributed by atoms with Gasteiger partial charge >= 0.3 is 26.2 Å². The molecule has 124 valence electrons. The van der Waals surface area contributed by atoms with Crippen LogP contribution < -0.4 is 12.4 Å². The van der Waals surface area contributed by atoms with Gasteiger partial charge in [-0.05, 0) is 6.92 Å². The molecule has 0 atom stereocenters. The predicted octanol–water partition coefficient (Wildman–Crippen LogP) is 2.96. The number of hydrogen-bond acceptors (Lipinski definition) is 0. The summed E-state index contributed by atoms with van der Waals surface area (Å²) in [6.07, 6.45) is 23.9. The summed E-state index contributed by atoms with van der Waals surface area (Å²) in [7, 11) is 0. The summed E-state index contributed by atoms with van der Waals surface area (Å²) in [5.41, 5.74) is 5.28. The van der Waals surface area contributed by atoms with Gasteiger partial charge in [-0.3, -0.25) is 12.2 Å². The second kappa shape index (κ2) is 15.5. The van der Waals surface area contributed by atoms with Crippen LogP contribution in [-0.4, -0.2) is 0 Å². The van der Waals surface area contributed by atoms with Crippen LogP contribution in [0.5, 0.6) is 0 Å². The van der Waals surface area contributed by atoms with E-state index in [9.17, 15) is 0 Å². The van der Waals surface area contributed by atoms with E-state index in [1.165, 1.54) is 22.3 Å². The van der Waals surface area contributed by atoms with Crippen molar-refractivity contribution in [3.05, 3.63) is 102 Å². The maximum absolute atomic E-state index is 3.71. The fourth-order valence-corrected chi connectivity index (χ4v) is 2.25. The quantitative estimate of drug-likeness (QED) is 0.651. The normalized spacial score (nSPS) is 12.1. The molecule has 0 spiro atoms. The molecule has 3 rings (SSSR count). The molecule has 0 unspecified atom stereocenters. The van der Waals surface area contributed by atoms with Crippen LogP contribution in [0, 0.1) is 39.3 Å². The molecule has 0 saturated heterocycles. The van der Waals surface area contributed by atoms with Crippen molar-refractivity contribution in [1.82, 2.24) is 0 Å². The fourth-order valence-electron chi connectivity index (χ4n) is 2.25. The Hall–Kier alpha value is -1.04. The molecule has 0 heterocycles. The van der Waals surface area contributed by atoms with Crippen molar-refractivity contribution in [2.24, 2.45) is 0 Å². The van der Waals surface area contributed by atoms with E-state index >= 15 is 0 Å². The second-order valence-corrected chi connectivity index (χ2v) is 5.22. The van der Waals surface area contributed by atoms with Crippen molar-refractivity contribution in [2.75, 3.05) is 0 Å². The van der Waals surface area contributed by atoms with Crippen LogP contribution in [0.3, 0.4) is 0 Å². The van der Waals surface area contributed by atoms with E-state index in [2.05, 4.69) is 70.2 Å². The van der Waals surface area contributed by atoms with Gasteiger partial charge in [0.05, 0.1) is 0 Å². The molecule has 24 heavy (non-hydrogen) atoms. The van der Waals surface area contributed by atoms with Gasteiger partial charge in [-0.1, -0.05) is 31.5 Å². The van der Waals surface area contributed by atoms with Gasteiger partial charge in [-0.2, -0.15) is 24.8 Å². The SMILES string of the molecule is C=C[CH-]c1c(C)cc(C)cc1C.[C-]1=CC=CC1.[C-]1=CC=CC1.[Cl-].[Zr+4]. The molecule has 0 amide bonds. The third-order valence-electron chi connectivity index (χ3n) is 3.19. The van der Waals surface area contributed by atoms with E-state index in [0.717, 1.165) is 12.8 Å². The van der Waals surface area contributed by atoms with E-state index in [1.54, 1.807) is 0 Å². The molecular formula is C22H25ClZr. The molecule has 0 bridgehead atoms. The van der Waals surface area contributed by atoms with Crippen LogP contribution in [0.25, 0.3) is 0 Å². The Labute approximate surface area is 173 Å². The number of hydrogen-bond donors (Lipinski definition) is 0. The summed E-state index contributed by atoms with van der Waals surface area (Å²) >= 11 is 0. The monoisotopic (exact) mass is 414 g/mol. The summed E-state index contributed by atoms with van der Waals surface area (Å²) in [5, 5.41) is 0. The fraction of sp³-hybridized carbons (Fsp3) is 0.227. The van der Waals surface area contributed by atoms with Crippen LogP contribution in [0.1, 0.15) is 35.1 Å². The smallest absolute Gasteiger partial charge is 1.00 e. The van der Waals surface area contributed by atoms with E-state index in [1.807, 2.05) is 30.4 Å². The first-order valence-corrected chi connectivity index (χ1v) is 7.62. The van der Waals surface area contributed by atoms with Crippen LogP contribution >= 0.6 is 0 Å². The van der Waals surface area contributed by atoms with Crippen molar-refractivity contribution < 1.29 is 38.6 Å². The van der Waals surface area contributed by atoms with Crippen LogP contribution in [-0.2, 0) is 26.2 Å². The van der Waals surface area contributed by atoms with Gasteiger partial charge in [-0.25, -0.2) is 24.3 Å². The van der Waals surface area contributed by atoms with E-state index in [-0.39, 0.29) is 38.6 Å². The standard InChI is InChI=1S/C12H15.2C5H5.ClH.Zr/c1-5-6-12-10(3)7-9(2)8-11(12)4;2*1-2-4-5-3-1;;/h5-8H,1H2,2-4H3;2*1-3H,4H2;1H;/q3*-1;;+4/p-1. The molecule has 0 nitrogen and oxygen atoms in total. The number of benzene rings is 1.